The third-order valence-electron chi connectivity index (χ3n) is 2.38. The van der Waals surface area contributed by atoms with Crippen LogP contribution < -0.4 is 5.32 Å². The maximum atomic E-state index is 5.70. The molecule has 0 bridgehead atoms. The lowest BCUT2D eigenvalue weighted by molar-refractivity contribution is 0.0822. The van der Waals surface area contributed by atoms with Gasteiger partial charge in [0.25, 0.3) is 0 Å². The summed E-state index contributed by atoms with van der Waals surface area (Å²) >= 11 is 0. The van der Waals surface area contributed by atoms with Crippen LogP contribution in [-0.2, 0) is 4.74 Å². The summed E-state index contributed by atoms with van der Waals surface area (Å²) in [4.78, 5) is 0. The van der Waals surface area contributed by atoms with Crippen LogP contribution in [0.3, 0.4) is 0 Å². The van der Waals surface area contributed by atoms with E-state index in [1.54, 1.807) is 0 Å². The standard InChI is InChI=1S/C14H31NO/c1-12(10-15-14(5,6)7)11-16-9-8-13(2,3)4/h12,15H,8-11H2,1-7H3. The molecule has 0 aliphatic heterocycles. The van der Waals surface area contributed by atoms with Gasteiger partial charge < -0.3 is 10.1 Å². The van der Waals surface area contributed by atoms with E-state index in [0.29, 0.717) is 11.3 Å². The summed E-state index contributed by atoms with van der Waals surface area (Å²) in [5.74, 6) is 0.583. The van der Waals surface area contributed by atoms with Crippen molar-refractivity contribution in [2.24, 2.45) is 11.3 Å². The van der Waals surface area contributed by atoms with Crippen molar-refractivity contribution < 1.29 is 4.74 Å². The van der Waals surface area contributed by atoms with E-state index in [2.05, 4.69) is 53.8 Å². The number of ether oxygens (including phenoxy) is 1. The number of hydrogen-bond donors (Lipinski definition) is 1. The van der Waals surface area contributed by atoms with Crippen LogP contribution >= 0.6 is 0 Å². The van der Waals surface area contributed by atoms with Crippen molar-refractivity contribution in [2.75, 3.05) is 19.8 Å². The summed E-state index contributed by atoms with van der Waals surface area (Å²) in [6.45, 7) is 18.3. The van der Waals surface area contributed by atoms with Gasteiger partial charge in [0.05, 0.1) is 6.61 Å². The Balaban J connectivity index is 3.48. The molecule has 0 aromatic rings. The highest BCUT2D eigenvalue weighted by atomic mass is 16.5. The zero-order valence-electron chi connectivity index (χ0n) is 12.3. The minimum Gasteiger partial charge on any atom is -0.381 e. The Morgan fingerprint density at radius 2 is 1.62 bits per heavy atom. The van der Waals surface area contributed by atoms with Crippen LogP contribution in [0.4, 0.5) is 0 Å². The minimum atomic E-state index is 0.208. The van der Waals surface area contributed by atoms with Crippen LogP contribution in [0.25, 0.3) is 0 Å². The topological polar surface area (TPSA) is 21.3 Å². The molecule has 0 spiro atoms. The number of hydrogen-bond acceptors (Lipinski definition) is 2. The van der Waals surface area contributed by atoms with Gasteiger partial charge in [-0.3, -0.25) is 0 Å². The summed E-state index contributed by atoms with van der Waals surface area (Å²) in [5, 5.41) is 3.50. The first-order valence-electron chi connectivity index (χ1n) is 6.43. The predicted molar refractivity (Wildman–Crippen MR) is 71.8 cm³/mol. The van der Waals surface area contributed by atoms with Gasteiger partial charge in [-0.1, -0.05) is 27.7 Å². The lowest BCUT2D eigenvalue weighted by Crippen LogP contribution is -2.39. The van der Waals surface area contributed by atoms with Crippen LogP contribution in [0.2, 0.25) is 0 Å². The molecule has 0 aliphatic rings. The second kappa shape index (κ2) is 6.61. The van der Waals surface area contributed by atoms with Gasteiger partial charge in [-0.05, 0) is 38.5 Å². The van der Waals surface area contributed by atoms with Crippen molar-refractivity contribution in [3.63, 3.8) is 0 Å². The van der Waals surface area contributed by atoms with Crippen molar-refractivity contribution >= 4 is 0 Å². The third-order valence-corrected chi connectivity index (χ3v) is 2.38. The normalized spacial score (nSPS) is 15.2. The van der Waals surface area contributed by atoms with Crippen molar-refractivity contribution in [3.8, 4) is 0 Å². The lowest BCUT2D eigenvalue weighted by Gasteiger charge is -2.24. The van der Waals surface area contributed by atoms with Crippen molar-refractivity contribution in [1.82, 2.24) is 5.32 Å². The molecule has 1 atom stereocenters. The van der Waals surface area contributed by atoms with E-state index in [4.69, 9.17) is 4.74 Å². The second-order valence-electron chi connectivity index (χ2n) is 7.12. The maximum absolute atomic E-state index is 5.70. The molecule has 0 aromatic heterocycles. The largest absolute Gasteiger partial charge is 0.381 e. The molecule has 0 heterocycles. The maximum Gasteiger partial charge on any atom is 0.0503 e. The first kappa shape index (κ1) is 15.9. The van der Waals surface area contributed by atoms with Gasteiger partial charge in [-0.2, -0.15) is 0 Å². The molecule has 2 nitrogen and oxygen atoms in total. The van der Waals surface area contributed by atoms with Crippen molar-refractivity contribution in [3.05, 3.63) is 0 Å². The molecule has 0 rings (SSSR count). The average Bonchev–Trinajstić information content (AvgIpc) is 2.06. The van der Waals surface area contributed by atoms with Crippen molar-refractivity contribution in [2.45, 2.75) is 60.4 Å². The van der Waals surface area contributed by atoms with Gasteiger partial charge in [0, 0.05) is 18.7 Å². The third kappa shape index (κ3) is 12.0. The van der Waals surface area contributed by atoms with Crippen LogP contribution in [0.5, 0.6) is 0 Å². The molecule has 0 amide bonds. The SMILES string of the molecule is CC(CNC(C)(C)C)COCCC(C)(C)C. The first-order chi connectivity index (χ1) is 7.10. The number of nitrogens with one attached hydrogen (secondary N) is 1. The summed E-state index contributed by atoms with van der Waals surface area (Å²) in [6, 6.07) is 0. The van der Waals surface area contributed by atoms with E-state index in [1.807, 2.05) is 0 Å². The first-order valence-corrected chi connectivity index (χ1v) is 6.43. The highest BCUT2D eigenvalue weighted by Gasteiger charge is 2.12. The van der Waals surface area contributed by atoms with E-state index in [0.717, 1.165) is 26.2 Å². The van der Waals surface area contributed by atoms with Gasteiger partial charge >= 0.3 is 0 Å². The molecule has 0 aliphatic carbocycles. The Labute approximate surface area is 102 Å². The predicted octanol–water partition coefficient (Wildman–Crippen LogP) is 3.46. The highest BCUT2D eigenvalue weighted by molar-refractivity contribution is 4.71. The monoisotopic (exact) mass is 229 g/mol. The Morgan fingerprint density at radius 3 is 2.06 bits per heavy atom. The minimum absolute atomic E-state index is 0.208. The zero-order chi connectivity index (χ0) is 12.8. The molecule has 16 heavy (non-hydrogen) atoms. The molecule has 2 heteroatoms. The fraction of sp³-hybridized carbons (Fsp3) is 1.00. The molecular weight excluding hydrogens is 198 g/mol. The van der Waals surface area contributed by atoms with Crippen LogP contribution in [0, 0.1) is 11.3 Å². The molecule has 0 saturated carbocycles. The lowest BCUT2D eigenvalue weighted by atomic mass is 9.93. The van der Waals surface area contributed by atoms with Crippen LogP contribution in [0.15, 0.2) is 0 Å². The molecule has 1 unspecified atom stereocenters. The molecule has 0 radical (unpaired) electrons. The van der Waals surface area contributed by atoms with E-state index >= 15 is 0 Å². The highest BCUT2D eigenvalue weighted by Crippen LogP contribution is 2.18. The Hall–Kier alpha value is -0.0800. The molecule has 98 valence electrons. The summed E-state index contributed by atoms with van der Waals surface area (Å²) < 4.78 is 5.70. The Kier molecular flexibility index (Phi) is 6.57. The second-order valence-corrected chi connectivity index (χ2v) is 7.12. The van der Waals surface area contributed by atoms with Gasteiger partial charge in [0.15, 0.2) is 0 Å². The quantitative estimate of drug-likeness (QED) is 0.704. The van der Waals surface area contributed by atoms with Crippen LogP contribution in [0.1, 0.15) is 54.9 Å². The van der Waals surface area contributed by atoms with Gasteiger partial charge in [0.2, 0.25) is 0 Å². The summed E-state index contributed by atoms with van der Waals surface area (Å²) in [6.07, 6.45) is 1.13. The Morgan fingerprint density at radius 1 is 1.06 bits per heavy atom. The number of rotatable bonds is 6. The molecule has 0 fully saturated rings. The summed E-state index contributed by atoms with van der Waals surface area (Å²) in [7, 11) is 0. The molecule has 1 N–H and O–H groups in total. The fourth-order valence-electron chi connectivity index (χ4n) is 1.20. The molecular formula is C14H31NO. The van der Waals surface area contributed by atoms with Crippen LogP contribution in [-0.4, -0.2) is 25.3 Å². The van der Waals surface area contributed by atoms with Crippen molar-refractivity contribution in [1.29, 1.82) is 0 Å². The van der Waals surface area contributed by atoms with Gasteiger partial charge in [0.1, 0.15) is 0 Å². The average molecular weight is 229 g/mol. The molecule has 0 aromatic carbocycles. The van der Waals surface area contributed by atoms with E-state index in [-0.39, 0.29) is 5.54 Å². The van der Waals surface area contributed by atoms with E-state index in [9.17, 15) is 0 Å². The fourth-order valence-corrected chi connectivity index (χ4v) is 1.20. The van der Waals surface area contributed by atoms with Gasteiger partial charge in [-0.15, -0.1) is 0 Å². The molecule has 0 saturated heterocycles. The van der Waals surface area contributed by atoms with Gasteiger partial charge in [-0.25, -0.2) is 0 Å². The summed E-state index contributed by atoms with van der Waals surface area (Å²) in [5.41, 5.74) is 0.590. The zero-order valence-corrected chi connectivity index (χ0v) is 12.3. The Bertz CT molecular complexity index is 176. The van der Waals surface area contributed by atoms with E-state index in [1.165, 1.54) is 0 Å². The van der Waals surface area contributed by atoms with E-state index < -0.39 is 0 Å². The smallest absolute Gasteiger partial charge is 0.0503 e.